The van der Waals surface area contributed by atoms with Crippen LogP contribution in [0.5, 0.6) is 0 Å². The zero-order valence-corrected chi connectivity index (χ0v) is 25.1. The summed E-state index contributed by atoms with van der Waals surface area (Å²) in [7, 11) is 0. The van der Waals surface area contributed by atoms with Crippen LogP contribution in [0.3, 0.4) is 0 Å². The Morgan fingerprint density at radius 2 is 1.09 bits per heavy atom. The Bertz CT molecular complexity index is 2270. The minimum Gasteiger partial charge on any atom is -0.507 e. The minimum atomic E-state index is -1.71. The second-order valence-corrected chi connectivity index (χ2v) is 13.0. The van der Waals surface area contributed by atoms with Crippen molar-refractivity contribution in [3.63, 3.8) is 0 Å². The summed E-state index contributed by atoms with van der Waals surface area (Å²) in [6.07, 6.45) is -1.71. The molecule has 0 heterocycles. The lowest BCUT2D eigenvalue weighted by atomic mass is 9.68. The average Bonchev–Trinajstić information content (AvgIpc) is 3.28. The van der Waals surface area contributed by atoms with Gasteiger partial charge in [0.2, 0.25) is 11.5 Å². The van der Waals surface area contributed by atoms with E-state index in [1.54, 1.807) is 6.92 Å². The first-order valence-electron chi connectivity index (χ1n) is 15.1. The van der Waals surface area contributed by atoms with Gasteiger partial charge in [-0.1, -0.05) is 98.8 Å². The quantitative estimate of drug-likeness (QED) is 0.129. The Morgan fingerprint density at radius 1 is 0.556 bits per heavy atom. The molecule has 45 heavy (non-hydrogen) atoms. The highest BCUT2D eigenvalue weighted by Gasteiger charge is 2.50. The lowest BCUT2D eigenvalue weighted by Crippen LogP contribution is -2.44. The fraction of sp³-hybridized carbons (Fsp3) is 0.150. The number of aliphatic hydroxyl groups excluding tert-OH is 5. The normalized spacial score (nSPS) is 20.7. The van der Waals surface area contributed by atoms with E-state index in [0.29, 0.717) is 5.56 Å². The molecule has 2 aliphatic rings. The fourth-order valence-corrected chi connectivity index (χ4v) is 7.84. The van der Waals surface area contributed by atoms with Crippen molar-refractivity contribution >= 4 is 32.3 Å². The molecule has 2 unspecified atom stereocenters. The van der Waals surface area contributed by atoms with E-state index in [9.17, 15) is 25.5 Å². The smallest absolute Gasteiger partial charge is 0.202 e. The first-order valence-corrected chi connectivity index (χ1v) is 15.1. The molecule has 5 N–H and O–H groups in total. The van der Waals surface area contributed by atoms with Gasteiger partial charge in [-0.05, 0) is 96.4 Å². The van der Waals surface area contributed by atoms with Crippen molar-refractivity contribution < 1.29 is 25.5 Å². The van der Waals surface area contributed by atoms with Gasteiger partial charge in [0.25, 0.3) is 0 Å². The molecule has 2 aliphatic carbocycles. The maximum absolute atomic E-state index is 11.4. The highest BCUT2D eigenvalue weighted by atomic mass is 16.4. The molecule has 0 bridgehead atoms. The summed E-state index contributed by atoms with van der Waals surface area (Å²) >= 11 is 0. The van der Waals surface area contributed by atoms with Crippen molar-refractivity contribution in [1.82, 2.24) is 0 Å². The van der Waals surface area contributed by atoms with E-state index in [-0.39, 0.29) is 5.41 Å². The Labute approximate surface area is 260 Å². The molecule has 0 amide bonds. The molecule has 8 rings (SSSR count). The standard InChI is InChI=1S/C40H32O5/c1-39(2)30-20-23(16-17-24(30)29-18-21-10-4-5-11-22(21)19-31(29)39)32-25-12-6-8-14-27(25)33(28-15-9-7-13-26(28)32)40(3)37(44)35(42)34(41)36(43)38(40)45/h4-20,37,41-45H,1-3H3. The van der Waals surface area contributed by atoms with Crippen LogP contribution >= 0.6 is 0 Å². The van der Waals surface area contributed by atoms with E-state index < -0.39 is 34.6 Å². The molecule has 0 fully saturated rings. The van der Waals surface area contributed by atoms with Crippen LogP contribution in [0.4, 0.5) is 0 Å². The van der Waals surface area contributed by atoms with Gasteiger partial charge >= 0.3 is 0 Å². The Balaban J connectivity index is 1.42. The molecule has 5 nitrogen and oxygen atoms in total. The predicted molar refractivity (Wildman–Crippen MR) is 180 cm³/mol. The SMILES string of the molecule is CC1(C)c2cc(-c3c4ccccc4c(C4(C)C(O)=C(O)C(O)=C(O)C4O)c4ccccc34)ccc2-c2cc3ccccc3cc21. The summed E-state index contributed by atoms with van der Waals surface area (Å²) < 4.78 is 0. The van der Waals surface area contributed by atoms with Gasteiger partial charge in [0.1, 0.15) is 6.10 Å². The molecule has 0 saturated carbocycles. The van der Waals surface area contributed by atoms with Gasteiger partial charge in [-0.3, -0.25) is 0 Å². The summed E-state index contributed by atoms with van der Waals surface area (Å²) in [5, 5.41) is 59.9. The highest BCUT2D eigenvalue weighted by Crippen LogP contribution is 2.53. The molecule has 0 aromatic heterocycles. The number of fused-ring (bicyclic) bond motifs is 6. The third-order valence-electron chi connectivity index (χ3n) is 10.3. The van der Waals surface area contributed by atoms with Crippen molar-refractivity contribution in [1.29, 1.82) is 0 Å². The molecule has 6 aromatic rings. The van der Waals surface area contributed by atoms with E-state index in [4.69, 9.17) is 0 Å². The fourth-order valence-electron chi connectivity index (χ4n) is 7.84. The molecular weight excluding hydrogens is 560 g/mol. The summed E-state index contributed by atoms with van der Waals surface area (Å²) in [5.41, 5.74) is 5.71. The Kier molecular flexibility index (Phi) is 5.54. The highest BCUT2D eigenvalue weighted by molar-refractivity contribution is 6.16. The molecule has 0 spiro atoms. The van der Waals surface area contributed by atoms with E-state index in [2.05, 4.69) is 68.4 Å². The molecule has 222 valence electrons. The van der Waals surface area contributed by atoms with Crippen molar-refractivity contribution in [2.24, 2.45) is 0 Å². The van der Waals surface area contributed by atoms with E-state index in [1.165, 1.54) is 33.0 Å². The lowest BCUT2D eigenvalue weighted by molar-refractivity contribution is 0.0508. The molecule has 5 heteroatoms. The summed E-state index contributed by atoms with van der Waals surface area (Å²) in [4.78, 5) is 0. The van der Waals surface area contributed by atoms with Gasteiger partial charge in [0.15, 0.2) is 11.5 Å². The zero-order valence-electron chi connectivity index (χ0n) is 25.1. The number of hydrogen-bond donors (Lipinski definition) is 5. The summed E-state index contributed by atoms with van der Waals surface area (Å²) in [6.45, 7) is 6.12. The van der Waals surface area contributed by atoms with E-state index >= 15 is 0 Å². The third-order valence-corrected chi connectivity index (χ3v) is 10.3. The number of benzene rings is 6. The van der Waals surface area contributed by atoms with Crippen molar-refractivity contribution in [3.05, 3.63) is 143 Å². The first kappa shape index (κ1) is 27.3. The van der Waals surface area contributed by atoms with Crippen LogP contribution in [0.1, 0.15) is 37.5 Å². The number of aliphatic hydroxyl groups is 5. The largest absolute Gasteiger partial charge is 0.507 e. The molecule has 0 saturated heterocycles. The lowest BCUT2D eigenvalue weighted by Gasteiger charge is -2.39. The summed E-state index contributed by atoms with van der Waals surface area (Å²) in [6, 6.07) is 35.3. The van der Waals surface area contributed by atoms with Crippen molar-refractivity contribution in [2.45, 2.75) is 37.7 Å². The monoisotopic (exact) mass is 592 g/mol. The molecular formula is C40H32O5. The van der Waals surface area contributed by atoms with Crippen LogP contribution in [-0.2, 0) is 10.8 Å². The Hall–Kier alpha value is -5.26. The first-order chi connectivity index (χ1) is 21.5. The third kappa shape index (κ3) is 3.47. The minimum absolute atomic E-state index is 0.226. The van der Waals surface area contributed by atoms with Gasteiger partial charge in [-0.25, -0.2) is 0 Å². The van der Waals surface area contributed by atoms with E-state index in [1.807, 2.05) is 48.5 Å². The molecule has 2 atom stereocenters. The summed E-state index contributed by atoms with van der Waals surface area (Å²) in [5.74, 6) is -3.20. The second-order valence-electron chi connectivity index (χ2n) is 13.0. The van der Waals surface area contributed by atoms with E-state index in [0.717, 1.165) is 32.7 Å². The maximum atomic E-state index is 11.4. The molecule has 0 radical (unpaired) electrons. The van der Waals surface area contributed by atoms with Crippen LogP contribution in [0.25, 0.3) is 54.6 Å². The van der Waals surface area contributed by atoms with Crippen molar-refractivity contribution in [3.8, 4) is 22.3 Å². The van der Waals surface area contributed by atoms with Crippen LogP contribution in [-0.4, -0.2) is 31.6 Å². The maximum Gasteiger partial charge on any atom is 0.202 e. The van der Waals surface area contributed by atoms with Gasteiger partial charge in [-0.2, -0.15) is 0 Å². The average molecular weight is 593 g/mol. The Morgan fingerprint density at radius 3 is 1.71 bits per heavy atom. The van der Waals surface area contributed by atoms with Gasteiger partial charge in [0, 0.05) is 5.41 Å². The van der Waals surface area contributed by atoms with Crippen LogP contribution in [0.2, 0.25) is 0 Å². The van der Waals surface area contributed by atoms with Gasteiger partial charge < -0.3 is 25.5 Å². The second kappa shape index (κ2) is 9.13. The molecule has 0 aliphatic heterocycles. The van der Waals surface area contributed by atoms with Gasteiger partial charge in [-0.15, -0.1) is 0 Å². The van der Waals surface area contributed by atoms with Crippen molar-refractivity contribution in [2.75, 3.05) is 0 Å². The van der Waals surface area contributed by atoms with Crippen LogP contribution in [0.15, 0.2) is 126 Å². The van der Waals surface area contributed by atoms with Crippen LogP contribution < -0.4 is 0 Å². The van der Waals surface area contributed by atoms with Gasteiger partial charge in [0.05, 0.1) is 5.41 Å². The topological polar surface area (TPSA) is 101 Å². The molecule has 6 aromatic carbocycles. The number of rotatable bonds is 2. The predicted octanol–water partition coefficient (Wildman–Crippen LogP) is 9.41. The van der Waals surface area contributed by atoms with Crippen LogP contribution in [0, 0.1) is 0 Å². The zero-order chi connectivity index (χ0) is 31.4. The number of hydrogen-bond acceptors (Lipinski definition) is 5.